The van der Waals surface area contributed by atoms with Gasteiger partial charge in [0.15, 0.2) is 0 Å². The van der Waals surface area contributed by atoms with Crippen LogP contribution in [0.1, 0.15) is 18.6 Å². The number of methoxy groups -OCH3 is 1. The van der Waals surface area contributed by atoms with Gasteiger partial charge in [-0.2, -0.15) is 0 Å². The molecule has 0 fully saturated rings. The third-order valence-electron chi connectivity index (χ3n) is 2.44. The van der Waals surface area contributed by atoms with Crippen molar-refractivity contribution in [1.82, 2.24) is 5.32 Å². The Bertz CT molecular complexity index is 320. The maximum absolute atomic E-state index is 13.6. The molecule has 1 aromatic rings. The van der Waals surface area contributed by atoms with Crippen molar-refractivity contribution in [1.29, 1.82) is 0 Å². The van der Waals surface area contributed by atoms with Crippen molar-refractivity contribution in [3.05, 3.63) is 35.6 Å². The molecule has 1 N–H and O–H groups in total. The molecule has 0 aliphatic carbocycles. The molecule has 0 saturated heterocycles. The lowest BCUT2D eigenvalue weighted by Gasteiger charge is -2.19. The SMILES string of the molecule is CCNCC(OCCOC)c1ccccc1F. The number of nitrogens with one attached hydrogen (secondary N) is 1. The molecular weight excluding hydrogens is 221 g/mol. The van der Waals surface area contributed by atoms with Crippen molar-refractivity contribution in [3.8, 4) is 0 Å². The Hall–Kier alpha value is -0.970. The largest absolute Gasteiger partial charge is 0.382 e. The maximum Gasteiger partial charge on any atom is 0.129 e. The summed E-state index contributed by atoms with van der Waals surface area (Å²) in [5.41, 5.74) is 0.588. The summed E-state index contributed by atoms with van der Waals surface area (Å²) >= 11 is 0. The van der Waals surface area contributed by atoms with E-state index in [2.05, 4.69) is 5.32 Å². The van der Waals surface area contributed by atoms with E-state index >= 15 is 0 Å². The first-order chi connectivity index (χ1) is 8.29. The standard InChI is InChI=1S/C13H20FNO2/c1-3-15-10-13(17-9-8-16-2)11-6-4-5-7-12(11)14/h4-7,13,15H,3,8-10H2,1-2H3. The average Bonchev–Trinajstić information content (AvgIpc) is 2.35. The summed E-state index contributed by atoms with van der Waals surface area (Å²) in [7, 11) is 1.62. The van der Waals surface area contributed by atoms with Gasteiger partial charge in [0.1, 0.15) is 5.82 Å². The van der Waals surface area contributed by atoms with Gasteiger partial charge in [-0.1, -0.05) is 25.1 Å². The fourth-order valence-corrected chi connectivity index (χ4v) is 1.54. The Morgan fingerprint density at radius 3 is 2.71 bits per heavy atom. The molecule has 1 atom stereocenters. The Labute approximate surface area is 102 Å². The van der Waals surface area contributed by atoms with E-state index in [1.165, 1.54) is 6.07 Å². The maximum atomic E-state index is 13.6. The molecular formula is C13H20FNO2. The quantitative estimate of drug-likeness (QED) is 0.707. The van der Waals surface area contributed by atoms with Crippen LogP contribution in [0.3, 0.4) is 0 Å². The summed E-state index contributed by atoms with van der Waals surface area (Å²) in [6.45, 7) is 4.41. The topological polar surface area (TPSA) is 30.5 Å². The summed E-state index contributed by atoms with van der Waals surface area (Å²) in [6.07, 6.45) is -0.272. The molecule has 1 aromatic carbocycles. The first-order valence-electron chi connectivity index (χ1n) is 5.85. The lowest BCUT2D eigenvalue weighted by atomic mass is 10.1. The Morgan fingerprint density at radius 1 is 1.29 bits per heavy atom. The van der Waals surface area contributed by atoms with Crippen LogP contribution in [0.5, 0.6) is 0 Å². The average molecular weight is 241 g/mol. The molecule has 1 rings (SSSR count). The second kappa shape index (κ2) is 8.17. The molecule has 0 aromatic heterocycles. The molecule has 0 heterocycles. The van der Waals surface area contributed by atoms with E-state index in [9.17, 15) is 4.39 Å². The van der Waals surface area contributed by atoms with E-state index in [0.717, 1.165) is 6.54 Å². The third kappa shape index (κ3) is 4.81. The van der Waals surface area contributed by atoms with Gasteiger partial charge in [0.25, 0.3) is 0 Å². The fraction of sp³-hybridized carbons (Fsp3) is 0.538. The molecule has 4 heteroatoms. The lowest BCUT2D eigenvalue weighted by Crippen LogP contribution is -2.24. The molecule has 0 spiro atoms. The summed E-state index contributed by atoms with van der Waals surface area (Å²) in [4.78, 5) is 0. The number of hydrogen-bond donors (Lipinski definition) is 1. The number of likely N-dealkylation sites (N-methyl/N-ethyl adjacent to an activating group) is 1. The summed E-state index contributed by atoms with van der Waals surface area (Å²) in [5, 5.41) is 3.17. The van der Waals surface area contributed by atoms with Crippen LogP contribution in [0, 0.1) is 5.82 Å². The molecule has 0 bridgehead atoms. The zero-order valence-corrected chi connectivity index (χ0v) is 10.4. The van der Waals surface area contributed by atoms with Gasteiger partial charge >= 0.3 is 0 Å². The van der Waals surface area contributed by atoms with Gasteiger partial charge in [0, 0.05) is 19.2 Å². The zero-order valence-electron chi connectivity index (χ0n) is 10.4. The van der Waals surface area contributed by atoms with Gasteiger partial charge in [-0.25, -0.2) is 4.39 Å². The number of hydrogen-bond acceptors (Lipinski definition) is 3. The Kier molecular flexibility index (Phi) is 6.77. The van der Waals surface area contributed by atoms with Crippen LogP contribution in [0.2, 0.25) is 0 Å². The second-order valence-electron chi connectivity index (χ2n) is 3.68. The van der Waals surface area contributed by atoms with Crippen LogP contribution in [0.15, 0.2) is 24.3 Å². The first kappa shape index (κ1) is 14.1. The predicted molar refractivity (Wildman–Crippen MR) is 65.5 cm³/mol. The molecule has 96 valence electrons. The number of halogens is 1. The molecule has 1 unspecified atom stereocenters. The van der Waals surface area contributed by atoms with E-state index in [4.69, 9.17) is 9.47 Å². The van der Waals surface area contributed by atoms with Gasteiger partial charge in [-0.15, -0.1) is 0 Å². The molecule has 17 heavy (non-hydrogen) atoms. The van der Waals surface area contributed by atoms with Crippen molar-refractivity contribution in [2.75, 3.05) is 33.4 Å². The Morgan fingerprint density at radius 2 is 2.06 bits per heavy atom. The molecule has 0 radical (unpaired) electrons. The van der Waals surface area contributed by atoms with Gasteiger partial charge in [-0.3, -0.25) is 0 Å². The van der Waals surface area contributed by atoms with Gasteiger partial charge < -0.3 is 14.8 Å². The molecule has 0 aliphatic heterocycles. The minimum absolute atomic E-state index is 0.229. The first-order valence-corrected chi connectivity index (χ1v) is 5.85. The highest BCUT2D eigenvalue weighted by Gasteiger charge is 2.15. The monoisotopic (exact) mass is 241 g/mol. The molecule has 0 amide bonds. The second-order valence-corrected chi connectivity index (χ2v) is 3.68. The number of rotatable bonds is 8. The number of benzene rings is 1. The highest BCUT2D eigenvalue weighted by atomic mass is 19.1. The van der Waals surface area contributed by atoms with Crippen molar-refractivity contribution in [3.63, 3.8) is 0 Å². The smallest absolute Gasteiger partial charge is 0.129 e. The summed E-state index contributed by atoms with van der Waals surface area (Å²) in [5.74, 6) is -0.229. The normalized spacial score (nSPS) is 12.6. The highest BCUT2D eigenvalue weighted by Crippen LogP contribution is 2.19. The van der Waals surface area contributed by atoms with Gasteiger partial charge in [0.2, 0.25) is 0 Å². The molecule has 3 nitrogen and oxygen atoms in total. The van der Waals surface area contributed by atoms with E-state index in [0.29, 0.717) is 25.3 Å². The van der Waals surface area contributed by atoms with Crippen LogP contribution in [-0.2, 0) is 9.47 Å². The third-order valence-corrected chi connectivity index (χ3v) is 2.44. The van der Waals surface area contributed by atoms with Crippen LogP contribution < -0.4 is 5.32 Å². The summed E-state index contributed by atoms with van der Waals surface area (Å²) in [6, 6.07) is 6.70. The highest BCUT2D eigenvalue weighted by molar-refractivity contribution is 5.20. The van der Waals surface area contributed by atoms with E-state index in [1.807, 2.05) is 13.0 Å². The van der Waals surface area contributed by atoms with Crippen LogP contribution in [0.4, 0.5) is 4.39 Å². The van der Waals surface area contributed by atoms with Gasteiger partial charge in [0.05, 0.1) is 19.3 Å². The molecule has 0 aliphatic rings. The van der Waals surface area contributed by atoms with Crippen LogP contribution in [0.25, 0.3) is 0 Å². The fourth-order valence-electron chi connectivity index (χ4n) is 1.54. The van der Waals surface area contributed by atoms with Gasteiger partial charge in [-0.05, 0) is 12.6 Å². The van der Waals surface area contributed by atoms with Crippen molar-refractivity contribution >= 4 is 0 Å². The van der Waals surface area contributed by atoms with Crippen LogP contribution >= 0.6 is 0 Å². The zero-order chi connectivity index (χ0) is 12.5. The van der Waals surface area contributed by atoms with Crippen molar-refractivity contribution < 1.29 is 13.9 Å². The Balaban J connectivity index is 2.64. The van der Waals surface area contributed by atoms with Crippen LogP contribution in [-0.4, -0.2) is 33.4 Å². The van der Waals surface area contributed by atoms with E-state index in [1.54, 1.807) is 19.2 Å². The minimum Gasteiger partial charge on any atom is -0.382 e. The minimum atomic E-state index is -0.272. The lowest BCUT2D eigenvalue weighted by molar-refractivity contribution is 0.0152. The van der Waals surface area contributed by atoms with E-state index in [-0.39, 0.29) is 11.9 Å². The van der Waals surface area contributed by atoms with Crippen molar-refractivity contribution in [2.45, 2.75) is 13.0 Å². The van der Waals surface area contributed by atoms with Crippen molar-refractivity contribution in [2.24, 2.45) is 0 Å². The number of ether oxygens (including phenoxy) is 2. The summed E-state index contributed by atoms with van der Waals surface area (Å²) < 4.78 is 24.2. The van der Waals surface area contributed by atoms with E-state index < -0.39 is 0 Å². The predicted octanol–water partition coefficient (Wildman–Crippen LogP) is 2.14. The molecule has 0 saturated carbocycles.